The number of hydrogen-bond acceptors (Lipinski definition) is 0. The summed E-state index contributed by atoms with van der Waals surface area (Å²) in [5.74, 6) is 0.980. The predicted molar refractivity (Wildman–Crippen MR) is 105 cm³/mol. The van der Waals surface area contributed by atoms with Gasteiger partial charge in [0.2, 0.25) is 0 Å². The van der Waals surface area contributed by atoms with Crippen molar-refractivity contribution in [2.45, 2.75) is 38.5 Å². The van der Waals surface area contributed by atoms with Crippen molar-refractivity contribution in [1.82, 2.24) is 0 Å². The van der Waals surface area contributed by atoms with Gasteiger partial charge in [0.15, 0.2) is 0 Å². The number of hydrogen-bond donors (Lipinski definition) is 0. The Morgan fingerprint density at radius 3 is 2.42 bits per heavy atom. The molecule has 0 aliphatic heterocycles. The van der Waals surface area contributed by atoms with Gasteiger partial charge in [0.05, 0.1) is 0 Å². The Labute approximate surface area is 145 Å². The van der Waals surface area contributed by atoms with Crippen molar-refractivity contribution >= 4 is 11.6 Å². The van der Waals surface area contributed by atoms with E-state index in [0.717, 1.165) is 12.8 Å². The van der Waals surface area contributed by atoms with Crippen LogP contribution in [0.1, 0.15) is 60.8 Å². The molecule has 0 heteroatoms. The summed E-state index contributed by atoms with van der Waals surface area (Å²) in [5, 5.41) is 0. The van der Waals surface area contributed by atoms with Crippen LogP contribution in [0.4, 0.5) is 0 Å². The molecule has 0 bridgehead atoms. The van der Waals surface area contributed by atoms with Gasteiger partial charge in [0.25, 0.3) is 0 Å². The molecule has 0 fully saturated rings. The Balaban J connectivity index is 1.85. The molecule has 2 aromatic carbocycles. The average molecular weight is 312 g/mol. The fourth-order valence-corrected chi connectivity index (χ4v) is 4.34. The summed E-state index contributed by atoms with van der Waals surface area (Å²) in [6.07, 6.45) is 11.2. The van der Waals surface area contributed by atoms with Crippen LogP contribution in [0.15, 0.2) is 61.2 Å². The average Bonchev–Trinajstić information content (AvgIpc) is 3.14. The Kier molecular flexibility index (Phi) is 3.76. The SMILES string of the molecule is C=CCCC1=CC(C)c2c1cccc2-c1cccc2c1C(C)C=C2. The number of fused-ring (bicyclic) bond motifs is 2. The summed E-state index contributed by atoms with van der Waals surface area (Å²) in [6, 6.07) is 13.6. The van der Waals surface area contributed by atoms with Gasteiger partial charge in [0.1, 0.15) is 0 Å². The minimum Gasteiger partial charge on any atom is -0.103 e. The third-order valence-electron chi connectivity index (χ3n) is 5.43. The highest BCUT2D eigenvalue weighted by atomic mass is 14.3. The summed E-state index contributed by atoms with van der Waals surface area (Å²) >= 11 is 0. The van der Waals surface area contributed by atoms with Gasteiger partial charge in [-0.1, -0.05) is 74.5 Å². The van der Waals surface area contributed by atoms with Gasteiger partial charge in [-0.3, -0.25) is 0 Å². The number of benzene rings is 2. The van der Waals surface area contributed by atoms with E-state index < -0.39 is 0 Å². The molecule has 4 rings (SSSR count). The van der Waals surface area contributed by atoms with Gasteiger partial charge in [-0.2, -0.15) is 0 Å². The van der Waals surface area contributed by atoms with E-state index in [1.165, 1.54) is 39.0 Å². The Morgan fingerprint density at radius 1 is 0.917 bits per heavy atom. The molecule has 0 spiro atoms. The standard InChI is InChI=1S/C24H24/c1-4-5-8-19-15-17(3)24-20(19)10-7-12-22(24)21-11-6-9-18-14-13-16(2)23(18)21/h4,6-7,9-17H,1,5,8H2,2-3H3. The zero-order valence-electron chi connectivity index (χ0n) is 14.5. The summed E-state index contributed by atoms with van der Waals surface area (Å²) in [5.41, 5.74) is 10.1. The van der Waals surface area contributed by atoms with Gasteiger partial charge in [-0.25, -0.2) is 0 Å². The maximum atomic E-state index is 3.88. The third kappa shape index (κ3) is 2.29. The minimum atomic E-state index is 0.483. The zero-order chi connectivity index (χ0) is 16.7. The maximum absolute atomic E-state index is 3.88. The van der Waals surface area contributed by atoms with Crippen LogP contribution in [0.2, 0.25) is 0 Å². The van der Waals surface area contributed by atoms with E-state index in [1.807, 2.05) is 6.08 Å². The van der Waals surface area contributed by atoms with Crippen molar-refractivity contribution in [3.8, 4) is 11.1 Å². The normalized spacial score (nSPS) is 20.7. The fraction of sp³-hybridized carbons (Fsp3) is 0.250. The maximum Gasteiger partial charge on any atom is 0.000779 e. The van der Waals surface area contributed by atoms with Crippen LogP contribution in [0, 0.1) is 0 Å². The molecule has 0 saturated heterocycles. The van der Waals surface area contributed by atoms with Crippen molar-refractivity contribution < 1.29 is 0 Å². The van der Waals surface area contributed by atoms with Crippen LogP contribution >= 0.6 is 0 Å². The van der Waals surface area contributed by atoms with Gasteiger partial charge in [-0.15, -0.1) is 6.58 Å². The van der Waals surface area contributed by atoms with E-state index in [2.05, 4.69) is 75.1 Å². The molecule has 0 nitrogen and oxygen atoms in total. The molecule has 2 aromatic rings. The summed E-state index contributed by atoms with van der Waals surface area (Å²) in [7, 11) is 0. The molecule has 0 radical (unpaired) electrons. The first-order chi connectivity index (χ1) is 11.7. The summed E-state index contributed by atoms with van der Waals surface area (Å²) in [4.78, 5) is 0. The molecular weight excluding hydrogens is 288 g/mol. The van der Waals surface area contributed by atoms with Gasteiger partial charge < -0.3 is 0 Å². The van der Waals surface area contributed by atoms with E-state index in [0.29, 0.717) is 11.8 Å². The molecule has 2 atom stereocenters. The first-order valence-corrected chi connectivity index (χ1v) is 8.97. The Bertz CT molecular complexity index is 864. The highest BCUT2D eigenvalue weighted by molar-refractivity contribution is 5.86. The van der Waals surface area contributed by atoms with E-state index in [1.54, 1.807) is 0 Å². The molecule has 0 saturated carbocycles. The van der Waals surface area contributed by atoms with Gasteiger partial charge in [-0.05, 0) is 51.8 Å². The highest BCUT2D eigenvalue weighted by Gasteiger charge is 2.26. The summed E-state index contributed by atoms with van der Waals surface area (Å²) < 4.78 is 0. The number of allylic oxidation sites excluding steroid dienone is 4. The van der Waals surface area contributed by atoms with Gasteiger partial charge in [0, 0.05) is 11.8 Å². The van der Waals surface area contributed by atoms with E-state index in [-0.39, 0.29) is 0 Å². The molecule has 24 heavy (non-hydrogen) atoms. The van der Waals surface area contributed by atoms with Crippen LogP contribution in [-0.2, 0) is 0 Å². The quantitative estimate of drug-likeness (QED) is 0.536. The molecule has 0 amide bonds. The van der Waals surface area contributed by atoms with Crippen LogP contribution < -0.4 is 0 Å². The minimum absolute atomic E-state index is 0.483. The largest absolute Gasteiger partial charge is 0.103 e. The molecule has 2 aliphatic rings. The van der Waals surface area contributed by atoms with Crippen molar-refractivity contribution in [2.24, 2.45) is 0 Å². The highest BCUT2D eigenvalue weighted by Crippen LogP contribution is 2.46. The molecule has 0 heterocycles. The number of rotatable bonds is 4. The second-order valence-corrected chi connectivity index (χ2v) is 7.03. The zero-order valence-corrected chi connectivity index (χ0v) is 14.5. The lowest BCUT2D eigenvalue weighted by atomic mass is 9.85. The van der Waals surface area contributed by atoms with Crippen molar-refractivity contribution in [1.29, 1.82) is 0 Å². The molecule has 2 aliphatic carbocycles. The van der Waals surface area contributed by atoms with Crippen molar-refractivity contribution in [3.63, 3.8) is 0 Å². The summed E-state index contributed by atoms with van der Waals surface area (Å²) in [6.45, 7) is 8.50. The molecule has 120 valence electrons. The second-order valence-electron chi connectivity index (χ2n) is 7.03. The van der Waals surface area contributed by atoms with Crippen molar-refractivity contribution in [3.05, 3.63) is 83.5 Å². The predicted octanol–water partition coefficient (Wildman–Crippen LogP) is 6.95. The monoisotopic (exact) mass is 312 g/mol. The Hall–Kier alpha value is -2.34. The van der Waals surface area contributed by atoms with Crippen LogP contribution in [-0.4, -0.2) is 0 Å². The third-order valence-corrected chi connectivity index (χ3v) is 5.43. The lowest BCUT2D eigenvalue weighted by molar-refractivity contribution is 0.976. The first kappa shape index (κ1) is 15.2. The van der Waals surface area contributed by atoms with Crippen LogP contribution in [0.25, 0.3) is 22.8 Å². The van der Waals surface area contributed by atoms with Gasteiger partial charge >= 0.3 is 0 Å². The van der Waals surface area contributed by atoms with Crippen molar-refractivity contribution in [2.75, 3.05) is 0 Å². The molecule has 0 aromatic heterocycles. The molecular formula is C24H24. The fourth-order valence-electron chi connectivity index (χ4n) is 4.34. The lowest BCUT2D eigenvalue weighted by Gasteiger charge is -2.18. The second kappa shape index (κ2) is 5.94. The smallest absolute Gasteiger partial charge is 0.000779 e. The van der Waals surface area contributed by atoms with Crippen LogP contribution in [0.5, 0.6) is 0 Å². The van der Waals surface area contributed by atoms with E-state index in [9.17, 15) is 0 Å². The Morgan fingerprint density at radius 2 is 1.62 bits per heavy atom. The van der Waals surface area contributed by atoms with E-state index in [4.69, 9.17) is 0 Å². The van der Waals surface area contributed by atoms with Crippen LogP contribution in [0.3, 0.4) is 0 Å². The molecule has 0 N–H and O–H groups in total. The first-order valence-electron chi connectivity index (χ1n) is 8.97. The van der Waals surface area contributed by atoms with E-state index >= 15 is 0 Å². The molecule has 2 unspecified atom stereocenters. The topological polar surface area (TPSA) is 0 Å². The lowest BCUT2D eigenvalue weighted by Crippen LogP contribution is -1.98.